The van der Waals surface area contributed by atoms with Gasteiger partial charge in [-0.2, -0.15) is 0 Å². The Kier molecular flexibility index (Phi) is 4.28. The predicted molar refractivity (Wildman–Crippen MR) is 86.2 cm³/mol. The Hall–Kier alpha value is -3.22. The summed E-state index contributed by atoms with van der Waals surface area (Å²) in [4.78, 5) is 18.8. The molecule has 0 saturated heterocycles. The molecule has 2 heterocycles. The molecule has 23 heavy (non-hydrogen) atoms. The van der Waals surface area contributed by atoms with Crippen molar-refractivity contribution in [2.24, 2.45) is 0 Å². The molecule has 0 unspecified atom stereocenters. The molecule has 0 saturated carbocycles. The fourth-order valence-corrected chi connectivity index (χ4v) is 2.04. The Labute approximate surface area is 132 Å². The lowest BCUT2D eigenvalue weighted by Crippen LogP contribution is -2.16. The van der Waals surface area contributed by atoms with Crippen LogP contribution in [0, 0.1) is 0 Å². The van der Waals surface area contributed by atoms with E-state index in [1.54, 1.807) is 43.8 Å². The first-order valence-electron chi connectivity index (χ1n) is 7.00. The Morgan fingerprint density at radius 3 is 2.48 bits per heavy atom. The van der Waals surface area contributed by atoms with Crippen molar-refractivity contribution in [3.05, 3.63) is 64.7 Å². The highest BCUT2D eigenvalue weighted by Crippen LogP contribution is 2.17. The van der Waals surface area contributed by atoms with Crippen LogP contribution >= 0.6 is 0 Å². The van der Waals surface area contributed by atoms with Crippen LogP contribution in [-0.2, 0) is 6.54 Å². The van der Waals surface area contributed by atoms with Gasteiger partial charge in [-0.3, -0.25) is 14.8 Å². The first kappa shape index (κ1) is 14.7. The van der Waals surface area contributed by atoms with Gasteiger partial charge in [0.1, 0.15) is 5.75 Å². The third-order valence-corrected chi connectivity index (χ3v) is 3.27. The molecular weight excluding hydrogens is 294 g/mol. The van der Waals surface area contributed by atoms with Gasteiger partial charge in [0.25, 0.3) is 5.56 Å². The zero-order valence-electron chi connectivity index (χ0n) is 12.5. The summed E-state index contributed by atoms with van der Waals surface area (Å²) in [6.45, 7) is 0.523. The van der Waals surface area contributed by atoms with Gasteiger partial charge in [-0.1, -0.05) is 0 Å². The highest BCUT2D eigenvalue weighted by atomic mass is 16.5. The Morgan fingerprint density at radius 2 is 1.83 bits per heavy atom. The van der Waals surface area contributed by atoms with E-state index in [0.29, 0.717) is 23.8 Å². The van der Waals surface area contributed by atoms with E-state index in [2.05, 4.69) is 25.5 Å². The molecule has 0 bridgehead atoms. The summed E-state index contributed by atoms with van der Waals surface area (Å²) in [5, 5.41) is 11.0. The van der Waals surface area contributed by atoms with E-state index < -0.39 is 0 Å². The van der Waals surface area contributed by atoms with Crippen molar-refractivity contribution in [1.29, 1.82) is 0 Å². The molecule has 7 heteroatoms. The summed E-state index contributed by atoms with van der Waals surface area (Å²) in [6, 6.07) is 10.8. The molecule has 3 aromatic rings. The lowest BCUT2D eigenvalue weighted by atomic mass is 10.1. The van der Waals surface area contributed by atoms with Crippen molar-refractivity contribution in [1.82, 2.24) is 20.2 Å². The number of anilines is 1. The second kappa shape index (κ2) is 6.69. The molecule has 0 fully saturated rings. The van der Waals surface area contributed by atoms with Gasteiger partial charge in [0.05, 0.1) is 7.11 Å². The third-order valence-electron chi connectivity index (χ3n) is 3.27. The van der Waals surface area contributed by atoms with Crippen LogP contribution in [0.25, 0.3) is 11.3 Å². The summed E-state index contributed by atoms with van der Waals surface area (Å²) in [5.41, 5.74) is 1.67. The number of H-pyrrole nitrogens is 1. The minimum atomic E-state index is -0.303. The SMILES string of the molecule is COc1ccc(-c2nnc(NCc3ccncc3)[nH]c2=O)cc1. The summed E-state index contributed by atoms with van der Waals surface area (Å²) >= 11 is 0. The zero-order valence-corrected chi connectivity index (χ0v) is 12.5. The normalized spacial score (nSPS) is 10.3. The minimum absolute atomic E-state index is 0.266. The molecule has 0 aliphatic carbocycles. The average Bonchev–Trinajstić information content (AvgIpc) is 2.61. The summed E-state index contributed by atoms with van der Waals surface area (Å²) in [6.07, 6.45) is 3.41. The van der Waals surface area contributed by atoms with Crippen LogP contribution in [0.2, 0.25) is 0 Å². The van der Waals surface area contributed by atoms with Gasteiger partial charge < -0.3 is 10.1 Å². The maximum atomic E-state index is 12.2. The summed E-state index contributed by atoms with van der Waals surface area (Å²) < 4.78 is 5.09. The van der Waals surface area contributed by atoms with E-state index in [1.807, 2.05) is 12.1 Å². The van der Waals surface area contributed by atoms with Crippen LogP contribution in [0.4, 0.5) is 5.95 Å². The number of benzene rings is 1. The number of aromatic amines is 1. The number of aromatic nitrogens is 4. The molecule has 2 aromatic heterocycles. The zero-order chi connectivity index (χ0) is 16.1. The monoisotopic (exact) mass is 309 g/mol. The molecule has 1 aromatic carbocycles. The van der Waals surface area contributed by atoms with Crippen LogP contribution in [-0.4, -0.2) is 27.3 Å². The number of pyridine rings is 1. The Morgan fingerprint density at radius 1 is 1.09 bits per heavy atom. The predicted octanol–water partition coefficient (Wildman–Crippen LogP) is 1.85. The molecule has 0 atom stereocenters. The Balaban J connectivity index is 1.76. The first-order chi connectivity index (χ1) is 11.3. The van der Waals surface area contributed by atoms with Crippen LogP contribution in [0.3, 0.4) is 0 Å². The molecule has 0 spiro atoms. The van der Waals surface area contributed by atoms with E-state index in [9.17, 15) is 4.79 Å². The molecule has 0 aliphatic heterocycles. The van der Waals surface area contributed by atoms with Gasteiger partial charge >= 0.3 is 0 Å². The van der Waals surface area contributed by atoms with E-state index in [0.717, 1.165) is 5.56 Å². The topological polar surface area (TPSA) is 92.8 Å². The van der Waals surface area contributed by atoms with Crippen LogP contribution < -0.4 is 15.6 Å². The second-order valence-electron chi connectivity index (χ2n) is 4.79. The molecule has 2 N–H and O–H groups in total. The minimum Gasteiger partial charge on any atom is -0.497 e. The van der Waals surface area contributed by atoms with Crippen molar-refractivity contribution in [3.63, 3.8) is 0 Å². The van der Waals surface area contributed by atoms with Crippen LogP contribution in [0.15, 0.2) is 53.6 Å². The van der Waals surface area contributed by atoms with Gasteiger partial charge in [0.15, 0.2) is 5.69 Å². The van der Waals surface area contributed by atoms with E-state index in [1.165, 1.54) is 0 Å². The maximum absolute atomic E-state index is 12.2. The van der Waals surface area contributed by atoms with Crippen molar-refractivity contribution in [2.45, 2.75) is 6.54 Å². The number of hydrogen-bond acceptors (Lipinski definition) is 6. The number of methoxy groups -OCH3 is 1. The Bertz CT molecular complexity index is 831. The van der Waals surface area contributed by atoms with Gasteiger partial charge in [0, 0.05) is 24.5 Å². The average molecular weight is 309 g/mol. The highest BCUT2D eigenvalue weighted by molar-refractivity contribution is 5.58. The molecular formula is C16H15N5O2. The first-order valence-corrected chi connectivity index (χ1v) is 7.00. The third kappa shape index (κ3) is 3.52. The summed E-state index contributed by atoms with van der Waals surface area (Å²) in [5.74, 6) is 1.04. The number of ether oxygens (including phenoxy) is 1. The van der Waals surface area contributed by atoms with Gasteiger partial charge in [0.2, 0.25) is 5.95 Å². The molecule has 0 aliphatic rings. The standard InChI is InChI=1S/C16H15N5O2/c1-23-13-4-2-12(3-5-13)14-15(22)19-16(21-20-14)18-10-11-6-8-17-9-7-11/h2-9H,10H2,1H3,(H2,18,19,21,22). The van der Waals surface area contributed by atoms with Crippen molar-refractivity contribution in [3.8, 4) is 17.0 Å². The largest absolute Gasteiger partial charge is 0.497 e. The van der Waals surface area contributed by atoms with Crippen LogP contribution in [0.1, 0.15) is 5.56 Å². The second-order valence-corrected chi connectivity index (χ2v) is 4.79. The van der Waals surface area contributed by atoms with Crippen molar-refractivity contribution in [2.75, 3.05) is 12.4 Å². The fraction of sp³-hybridized carbons (Fsp3) is 0.125. The van der Waals surface area contributed by atoms with E-state index in [-0.39, 0.29) is 11.3 Å². The number of nitrogens with zero attached hydrogens (tertiary/aromatic N) is 3. The lowest BCUT2D eigenvalue weighted by molar-refractivity contribution is 0.415. The molecule has 0 radical (unpaired) electrons. The number of rotatable bonds is 5. The smallest absolute Gasteiger partial charge is 0.279 e. The van der Waals surface area contributed by atoms with E-state index >= 15 is 0 Å². The molecule has 0 amide bonds. The molecule has 116 valence electrons. The fourth-order valence-electron chi connectivity index (χ4n) is 2.04. The quantitative estimate of drug-likeness (QED) is 0.747. The van der Waals surface area contributed by atoms with Crippen molar-refractivity contribution < 1.29 is 4.74 Å². The molecule has 3 rings (SSSR count). The number of hydrogen-bond donors (Lipinski definition) is 2. The highest BCUT2D eigenvalue weighted by Gasteiger charge is 2.07. The number of nitrogens with one attached hydrogen (secondary N) is 2. The van der Waals surface area contributed by atoms with E-state index in [4.69, 9.17) is 4.74 Å². The lowest BCUT2D eigenvalue weighted by Gasteiger charge is -2.06. The molecule has 7 nitrogen and oxygen atoms in total. The maximum Gasteiger partial charge on any atom is 0.279 e. The summed E-state index contributed by atoms with van der Waals surface area (Å²) in [7, 11) is 1.59. The van der Waals surface area contributed by atoms with Gasteiger partial charge in [-0.05, 0) is 42.0 Å². The van der Waals surface area contributed by atoms with Gasteiger partial charge in [-0.25, -0.2) is 0 Å². The van der Waals surface area contributed by atoms with Crippen molar-refractivity contribution >= 4 is 5.95 Å². The van der Waals surface area contributed by atoms with Crippen LogP contribution in [0.5, 0.6) is 5.75 Å². The van der Waals surface area contributed by atoms with Gasteiger partial charge in [-0.15, -0.1) is 10.2 Å².